The summed E-state index contributed by atoms with van der Waals surface area (Å²) in [6.07, 6.45) is 5.92. The van der Waals surface area contributed by atoms with E-state index in [0.717, 1.165) is 43.4 Å². The number of nitrogens with zero attached hydrogens (tertiary/aromatic N) is 4. The van der Waals surface area contributed by atoms with Gasteiger partial charge in [0.2, 0.25) is 0 Å². The van der Waals surface area contributed by atoms with E-state index in [1.807, 2.05) is 22.9 Å². The average molecular weight is 888 g/mol. The first-order valence-electron chi connectivity index (χ1n) is 20.5. The molecule has 1 unspecified atom stereocenters. The third kappa shape index (κ3) is 9.71. The highest BCUT2D eigenvalue weighted by Crippen LogP contribution is 2.38. The van der Waals surface area contributed by atoms with Crippen LogP contribution in [0.1, 0.15) is 49.0 Å². The number of aromatic amines is 1. The van der Waals surface area contributed by atoms with Crippen LogP contribution < -0.4 is 19.7 Å². The molecule has 3 aliphatic rings. The Balaban J connectivity index is 1.03. The number of allylic oxidation sites excluding steroid dienone is 1. The first-order valence-corrected chi connectivity index (χ1v) is 22.4. The Morgan fingerprint density at radius 2 is 1.92 bits per heavy atom. The lowest BCUT2D eigenvalue weighted by Crippen LogP contribution is -2.52. The topological polar surface area (TPSA) is 181 Å². The number of rotatable bonds is 13. The van der Waals surface area contributed by atoms with Crippen molar-refractivity contribution in [3.05, 3.63) is 117 Å². The number of hydrogen-bond donors (Lipinski definition) is 3. The van der Waals surface area contributed by atoms with Crippen LogP contribution >= 0.6 is 11.6 Å². The van der Waals surface area contributed by atoms with Gasteiger partial charge in [-0.2, -0.15) is 0 Å². The van der Waals surface area contributed by atoms with Gasteiger partial charge in [0.25, 0.3) is 21.6 Å². The molecule has 3 N–H and O–H groups in total. The van der Waals surface area contributed by atoms with Crippen molar-refractivity contribution in [1.82, 2.24) is 19.6 Å². The molecule has 5 aromatic rings. The molecule has 0 radical (unpaired) electrons. The lowest BCUT2D eigenvalue weighted by Gasteiger charge is -2.42. The summed E-state index contributed by atoms with van der Waals surface area (Å²) in [4.78, 5) is 36.3. The zero-order valence-corrected chi connectivity index (χ0v) is 35.8. The molecule has 1 aliphatic carbocycles. The van der Waals surface area contributed by atoms with E-state index in [0.29, 0.717) is 60.8 Å². The largest absolute Gasteiger partial charge is 0.455 e. The molecule has 0 saturated carbocycles. The van der Waals surface area contributed by atoms with Gasteiger partial charge >= 0.3 is 0 Å². The van der Waals surface area contributed by atoms with Crippen LogP contribution in [-0.4, -0.2) is 98.8 Å². The molecule has 2 aromatic heterocycles. The second-order valence-electron chi connectivity index (χ2n) is 16.0. The number of anilines is 2. The summed E-state index contributed by atoms with van der Waals surface area (Å²) in [5.41, 5.74) is 3.94. The van der Waals surface area contributed by atoms with Crippen molar-refractivity contribution in [2.24, 2.45) is 5.92 Å². The predicted octanol–water partition coefficient (Wildman–Crippen LogP) is 7.79. The van der Waals surface area contributed by atoms with Gasteiger partial charge in [-0.15, -0.1) is 0 Å². The number of nitrogens with one attached hydrogen (secondary N) is 3. The molecule has 0 spiro atoms. The van der Waals surface area contributed by atoms with Gasteiger partial charge in [0, 0.05) is 73.2 Å². The first-order chi connectivity index (χ1) is 29.8. The molecule has 2 aliphatic heterocycles. The first kappa shape index (κ1) is 43.1. The number of H-pyrrole nitrogens is 1. The van der Waals surface area contributed by atoms with E-state index in [2.05, 4.69) is 51.1 Å². The van der Waals surface area contributed by atoms with Gasteiger partial charge in [0.1, 0.15) is 22.8 Å². The maximum absolute atomic E-state index is 15.5. The summed E-state index contributed by atoms with van der Waals surface area (Å²) in [5, 5.41) is 16.1. The van der Waals surface area contributed by atoms with Crippen molar-refractivity contribution in [3.63, 3.8) is 0 Å². The van der Waals surface area contributed by atoms with E-state index in [4.69, 9.17) is 25.8 Å². The number of carbonyl (C=O) groups excluding carboxylic acids is 1. The number of amides is 1. The Bertz CT molecular complexity index is 2620. The van der Waals surface area contributed by atoms with Gasteiger partial charge in [0.15, 0.2) is 5.82 Å². The second-order valence-corrected chi connectivity index (χ2v) is 18.1. The number of sulfonamides is 1. The van der Waals surface area contributed by atoms with Crippen molar-refractivity contribution >= 4 is 61.2 Å². The molecule has 326 valence electrons. The zero-order valence-electron chi connectivity index (χ0n) is 34.2. The van der Waals surface area contributed by atoms with Crippen LogP contribution in [0.3, 0.4) is 0 Å². The Kier molecular flexibility index (Phi) is 12.8. The molecule has 4 heterocycles. The van der Waals surface area contributed by atoms with Crippen LogP contribution in [0.4, 0.5) is 21.5 Å². The van der Waals surface area contributed by atoms with Crippen LogP contribution in [0.5, 0.6) is 11.5 Å². The number of benzene rings is 3. The van der Waals surface area contributed by atoms with Gasteiger partial charge in [0.05, 0.1) is 47.5 Å². The minimum atomic E-state index is -4.85. The van der Waals surface area contributed by atoms with E-state index >= 15 is 4.39 Å². The van der Waals surface area contributed by atoms with Crippen LogP contribution in [0.15, 0.2) is 89.6 Å². The number of piperazine rings is 1. The summed E-state index contributed by atoms with van der Waals surface area (Å²) >= 11 is 6.22. The number of hydrogen-bond acceptors (Lipinski definition) is 12. The molecular weight excluding hydrogens is 841 g/mol. The fourth-order valence-electron chi connectivity index (χ4n) is 8.25. The minimum Gasteiger partial charge on any atom is -0.455 e. The standard InChI is InChI=1S/C44H47ClFN7O8S/c1-27-3-4-31(38(17-27)29-5-7-32(45)8-6-29)25-51-13-14-52(24-28(51)2)33-9-10-37(41(19-33)61-34-18-30-11-12-47-43(30)49-22-34)44(54)50-62(57,58)36-20-39(46)42(40(21-36)53(55)56)48-23-35-26-59-15-16-60-35/h5-12,18-22,27-28,35,48H,3-4,13-17,23-26H2,1-2H3,(H,47,49)(H,50,54)/t27-,28-,35?/m1/s1. The number of fused-ring (bicyclic) bond motifs is 1. The van der Waals surface area contributed by atoms with Crippen LogP contribution in [0.2, 0.25) is 5.02 Å². The summed E-state index contributed by atoms with van der Waals surface area (Å²) in [6, 6.07) is 18.0. The molecule has 2 saturated heterocycles. The average Bonchev–Trinajstić information content (AvgIpc) is 3.73. The van der Waals surface area contributed by atoms with E-state index < -0.39 is 49.0 Å². The molecular formula is C44H47ClFN7O8S. The van der Waals surface area contributed by atoms with Gasteiger partial charge in [-0.1, -0.05) is 36.2 Å². The molecule has 0 bridgehead atoms. The third-order valence-corrected chi connectivity index (χ3v) is 13.2. The van der Waals surface area contributed by atoms with E-state index in [-0.39, 0.29) is 30.5 Å². The van der Waals surface area contributed by atoms with Crippen molar-refractivity contribution < 1.29 is 36.7 Å². The van der Waals surface area contributed by atoms with Crippen LogP contribution in [0, 0.1) is 21.8 Å². The molecule has 3 aromatic carbocycles. The summed E-state index contributed by atoms with van der Waals surface area (Å²) in [6.45, 7) is 8.35. The minimum absolute atomic E-state index is 0.0237. The third-order valence-electron chi connectivity index (χ3n) is 11.6. The van der Waals surface area contributed by atoms with Crippen molar-refractivity contribution in [2.45, 2.75) is 50.2 Å². The Morgan fingerprint density at radius 3 is 2.68 bits per heavy atom. The highest BCUT2D eigenvalue weighted by atomic mass is 35.5. The Labute approximate surface area is 363 Å². The molecule has 3 atom stereocenters. The maximum atomic E-state index is 15.5. The van der Waals surface area contributed by atoms with Crippen LogP contribution in [-0.2, 0) is 19.5 Å². The quantitative estimate of drug-likeness (QED) is 0.0773. The Hall–Kier alpha value is -5.59. The molecule has 18 heteroatoms. The normalized spacial score (nSPS) is 20.0. The molecule has 1 amide bonds. The van der Waals surface area contributed by atoms with Gasteiger partial charge < -0.3 is 29.4 Å². The smallest absolute Gasteiger partial charge is 0.296 e. The van der Waals surface area contributed by atoms with E-state index in [9.17, 15) is 23.3 Å². The zero-order chi connectivity index (χ0) is 43.5. The SMILES string of the molecule is C[C@@H]1CCC(CN2CCN(c3ccc(C(=O)NS(=O)(=O)c4cc(F)c(NCC5COCCO5)c([N+](=O)[O-])c4)c(Oc4cnc5[nH]ccc5c4)c3)C[C@H]2C)=C(c2ccc(Cl)cc2)C1. The second kappa shape index (κ2) is 18.4. The Morgan fingerprint density at radius 1 is 1.10 bits per heavy atom. The number of nitro groups is 1. The summed E-state index contributed by atoms with van der Waals surface area (Å²) in [5.74, 6) is -1.36. The molecule has 15 nitrogen and oxygen atoms in total. The van der Waals surface area contributed by atoms with E-state index in [1.54, 1.807) is 24.4 Å². The predicted molar refractivity (Wildman–Crippen MR) is 234 cm³/mol. The molecule has 2 fully saturated rings. The number of halogens is 2. The van der Waals surface area contributed by atoms with Crippen molar-refractivity contribution in [3.8, 4) is 11.5 Å². The van der Waals surface area contributed by atoms with Gasteiger partial charge in [-0.3, -0.25) is 19.8 Å². The van der Waals surface area contributed by atoms with Gasteiger partial charge in [-0.25, -0.2) is 22.5 Å². The summed E-state index contributed by atoms with van der Waals surface area (Å²) < 4.78 is 61.8. The number of carbonyl (C=O) groups is 1. The monoisotopic (exact) mass is 887 g/mol. The lowest BCUT2D eigenvalue weighted by molar-refractivity contribution is -0.384. The summed E-state index contributed by atoms with van der Waals surface area (Å²) in [7, 11) is -4.85. The fourth-order valence-corrected chi connectivity index (χ4v) is 9.38. The fraction of sp³-hybridized carbons (Fsp3) is 0.364. The number of pyridine rings is 1. The van der Waals surface area contributed by atoms with Crippen molar-refractivity contribution in [2.75, 3.05) is 62.8 Å². The number of aromatic nitrogens is 2. The molecule has 8 rings (SSSR count). The maximum Gasteiger partial charge on any atom is 0.296 e. The van der Waals surface area contributed by atoms with Crippen LogP contribution in [0.25, 0.3) is 16.6 Å². The van der Waals surface area contributed by atoms with Gasteiger partial charge in [-0.05, 0) is 85.7 Å². The molecule has 62 heavy (non-hydrogen) atoms. The lowest BCUT2D eigenvalue weighted by atomic mass is 9.81. The highest BCUT2D eigenvalue weighted by molar-refractivity contribution is 7.90. The van der Waals surface area contributed by atoms with E-state index in [1.165, 1.54) is 29.0 Å². The highest BCUT2D eigenvalue weighted by Gasteiger charge is 2.31. The number of nitro benzene ring substituents is 1. The number of ether oxygens (including phenoxy) is 3. The van der Waals surface area contributed by atoms with Crippen molar-refractivity contribution in [1.29, 1.82) is 0 Å².